The zero-order valence-electron chi connectivity index (χ0n) is 26.0. The topological polar surface area (TPSA) is 192 Å². The number of amides is 1. The molecule has 0 aromatic heterocycles. The molecule has 13 heteroatoms. The number of nitrogens with two attached hydrogens (primary N) is 1. The lowest BCUT2D eigenvalue weighted by Crippen LogP contribution is -2.65. The number of aliphatic hydroxyl groups is 3. The van der Waals surface area contributed by atoms with Crippen LogP contribution in [0.4, 0.5) is 0 Å². The highest BCUT2D eigenvalue weighted by Gasteiger charge is 2.64. The van der Waals surface area contributed by atoms with Gasteiger partial charge in [0, 0.05) is 52.5 Å². The van der Waals surface area contributed by atoms with E-state index in [-0.39, 0.29) is 35.8 Å². The van der Waals surface area contributed by atoms with Gasteiger partial charge in [-0.1, -0.05) is 13.0 Å². The van der Waals surface area contributed by atoms with E-state index in [0.717, 1.165) is 12.0 Å². The number of primary amides is 1. The van der Waals surface area contributed by atoms with Crippen molar-refractivity contribution >= 4 is 23.2 Å². The minimum atomic E-state index is -2.68. The average Bonchev–Trinajstić information content (AvgIpc) is 2.97. The number of phenolic OH excluding ortho intramolecular Hbond substituents is 1. The number of hydrogen-bond acceptors (Lipinski definition) is 12. The van der Waals surface area contributed by atoms with Crippen LogP contribution in [0, 0.1) is 11.8 Å². The molecule has 1 saturated carbocycles. The number of hydrogen-bond donors (Lipinski definition) is 5. The standard InChI is InChI=1S/C31H43N3O10/c1-7-17(42-4)13-34(14-21(43-5)44-6)12-15-8-9-20(35)23-18(15)10-16-11-19-25(33(2)3)27(37)24(30(32)40)29(39)31(19,41)28(38)22(16)26(23)36/h8-9,16-17,19,21,25,35-36,39,41H,7,10-14H2,1-6H3,(H2,32,40)/t16-,17?,19-,25+,31-/m0/s1. The molecule has 13 nitrogen and oxygen atoms in total. The van der Waals surface area contributed by atoms with E-state index in [4.69, 9.17) is 19.9 Å². The number of benzene rings is 1. The molecule has 44 heavy (non-hydrogen) atoms. The Hall–Kier alpha value is -3.33. The van der Waals surface area contributed by atoms with Crippen LogP contribution in [0.2, 0.25) is 0 Å². The van der Waals surface area contributed by atoms with E-state index >= 15 is 0 Å². The Bertz CT molecular complexity index is 1370. The van der Waals surface area contributed by atoms with E-state index in [2.05, 4.69) is 4.90 Å². The van der Waals surface area contributed by atoms with E-state index in [1.807, 2.05) is 6.92 Å². The number of Topliss-reactive ketones (excluding diaryl/α,β-unsaturated/α-hetero) is 2. The molecule has 0 radical (unpaired) electrons. The number of fused-ring (bicyclic) bond motifs is 3. The molecule has 0 saturated heterocycles. The number of aliphatic hydroxyl groups excluding tert-OH is 2. The molecule has 5 atom stereocenters. The molecule has 1 aromatic carbocycles. The van der Waals surface area contributed by atoms with Crippen LogP contribution in [-0.2, 0) is 41.6 Å². The molecule has 0 spiro atoms. The van der Waals surface area contributed by atoms with E-state index < -0.39 is 64.3 Å². The molecular weight excluding hydrogens is 574 g/mol. The summed E-state index contributed by atoms with van der Waals surface area (Å²) in [6.07, 6.45) is 0.372. The summed E-state index contributed by atoms with van der Waals surface area (Å²) < 4.78 is 16.5. The van der Waals surface area contributed by atoms with Gasteiger partial charge in [0.05, 0.1) is 17.7 Å². The maximum atomic E-state index is 14.1. The Morgan fingerprint density at radius 3 is 2.30 bits per heavy atom. The largest absolute Gasteiger partial charge is 0.508 e. The SMILES string of the molecule is CCC(CN(Cc1ccc(O)c2c1C[C@H]1C[C@H]3[C@@H](N(C)C)C(=O)C(C(N)=O)=C(O)[C@@]3(O)C(=O)C1=C2O)CC(OC)OC)OC. The molecule has 242 valence electrons. The van der Waals surface area contributed by atoms with Crippen LogP contribution in [0.1, 0.15) is 36.5 Å². The molecule has 3 aliphatic carbocycles. The Morgan fingerprint density at radius 2 is 1.75 bits per heavy atom. The minimum absolute atomic E-state index is 0.0155. The number of methoxy groups -OCH3 is 3. The van der Waals surface area contributed by atoms with Crippen molar-refractivity contribution in [3.63, 3.8) is 0 Å². The third-order valence-corrected chi connectivity index (χ3v) is 9.28. The van der Waals surface area contributed by atoms with Crippen LogP contribution in [0.25, 0.3) is 5.76 Å². The van der Waals surface area contributed by atoms with Gasteiger partial charge in [0.2, 0.25) is 5.78 Å². The summed E-state index contributed by atoms with van der Waals surface area (Å²) in [6.45, 7) is 3.32. The lowest BCUT2D eigenvalue weighted by Gasteiger charge is -2.50. The maximum Gasteiger partial charge on any atom is 0.255 e. The number of rotatable bonds is 12. The van der Waals surface area contributed by atoms with Crippen LogP contribution in [-0.4, -0.2) is 120 Å². The summed E-state index contributed by atoms with van der Waals surface area (Å²) in [5.74, 6) is -6.83. The van der Waals surface area contributed by atoms with Crippen molar-refractivity contribution in [2.24, 2.45) is 17.6 Å². The van der Waals surface area contributed by atoms with Crippen molar-refractivity contribution in [2.45, 2.75) is 56.8 Å². The second-order valence-corrected chi connectivity index (χ2v) is 11.9. The van der Waals surface area contributed by atoms with Gasteiger partial charge in [0.15, 0.2) is 17.7 Å². The fraction of sp³-hybridized carbons (Fsp3) is 0.581. The number of carbonyl (C=O) groups excluding carboxylic acids is 3. The van der Waals surface area contributed by atoms with Crippen LogP contribution >= 0.6 is 0 Å². The van der Waals surface area contributed by atoms with Gasteiger partial charge in [-0.15, -0.1) is 0 Å². The van der Waals surface area contributed by atoms with Gasteiger partial charge in [0.1, 0.15) is 22.8 Å². The fourth-order valence-corrected chi connectivity index (χ4v) is 7.02. The van der Waals surface area contributed by atoms with E-state index in [9.17, 15) is 34.8 Å². The minimum Gasteiger partial charge on any atom is -0.508 e. The van der Waals surface area contributed by atoms with Gasteiger partial charge >= 0.3 is 0 Å². The summed E-state index contributed by atoms with van der Waals surface area (Å²) in [5, 5.41) is 45.3. The van der Waals surface area contributed by atoms with Crippen molar-refractivity contribution in [3.8, 4) is 5.75 Å². The van der Waals surface area contributed by atoms with Gasteiger partial charge in [0.25, 0.3) is 5.91 Å². The zero-order chi connectivity index (χ0) is 32.7. The highest BCUT2D eigenvalue weighted by Crippen LogP contribution is 2.53. The number of aromatic hydroxyl groups is 1. The first-order valence-corrected chi connectivity index (χ1v) is 14.6. The lowest BCUT2D eigenvalue weighted by atomic mass is 9.57. The first kappa shape index (κ1) is 33.6. The van der Waals surface area contributed by atoms with Crippen LogP contribution in [0.3, 0.4) is 0 Å². The molecule has 1 aromatic rings. The molecule has 1 amide bonds. The van der Waals surface area contributed by atoms with Crippen molar-refractivity contribution in [2.75, 3.05) is 48.5 Å². The number of ketones is 2. The Morgan fingerprint density at radius 1 is 1.09 bits per heavy atom. The average molecular weight is 618 g/mol. The number of ether oxygens (including phenoxy) is 3. The molecule has 3 aliphatic rings. The summed E-state index contributed by atoms with van der Waals surface area (Å²) >= 11 is 0. The molecular formula is C31H43N3O10. The van der Waals surface area contributed by atoms with Crippen LogP contribution in [0.15, 0.2) is 29.0 Å². The van der Waals surface area contributed by atoms with Gasteiger partial charge in [-0.05, 0) is 56.5 Å². The van der Waals surface area contributed by atoms with Crippen molar-refractivity contribution in [1.29, 1.82) is 0 Å². The van der Waals surface area contributed by atoms with E-state index in [1.165, 1.54) is 11.0 Å². The summed E-state index contributed by atoms with van der Waals surface area (Å²) in [7, 11) is 7.86. The highest BCUT2D eigenvalue weighted by molar-refractivity contribution is 6.24. The summed E-state index contributed by atoms with van der Waals surface area (Å²) in [4.78, 5) is 43.1. The summed E-state index contributed by atoms with van der Waals surface area (Å²) in [6, 6.07) is 2.03. The monoisotopic (exact) mass is 617 g/mol. The molecule has 6 N–H and O–H groups in total. The first-order valence-electron chi connectivity index (χ1n) is 14.6. The van der Waals surface area contributed by atoms with Crippen molar-refractivity contribution in [1.82, 2.24) is 9.80 Å². The zero-order valence-corrected chi connectivity index (χ0v) is 26.0. The van der Waals surface area contributed by atoms with Gasteiger partial charge < -0.3 is 40.4 Å². The normalized spacial score (nSPS) is 25.9. The molecule has 0 heterocycles. The second kappa shape index (κ2) is 13.0. The van der Waals surface area contributed by atoms with Crippen LogP contribution < -0.4 is 5.73 Å². The summed E-state index contributed by atoms with van der Waals surface area (Å²) in [5.41, 5.74) is 3.11. The third-order valence-electron chi connectivity index (χ3n) is 9.28. The Kier molecular flexibility index (Phi) is 9.88. The van der Waals surface area contributed by atoms with Crippen LogP contribution in [0.5, 0.6) is 5.75 Å². The molecule has 0 bridgehead atoms. The Balaban J connectivity index is 1.83. The fourth-order valence-electron chi connectivity index (χ4n) is 7.02. The quantitative estimate of drug-likeness (QED) is 0.164. The number of likely N-dealkylation sites (N-methyl/N-ethyl adjacent to an activating group) is 1. The highest BCUT2D eigenvalue weighted by atomic mass is 16.7. The number of phenols is 1. The first-order chi connectivity index (χ1) is 20.8. The molecule has 4 rings (SSSR count). The third kappa shape index (κ3) is 5.52. The predicted octanol–water partition coefficient (Wildman–Crippen LogP) is 0.810. The van der Waals surface area contributed by atoms with Crippen molar-refractivity contribution < 1.29 is 49.0 Å². The molecule has 1 fully saturated rings. The molecule has 1 unspecified atom stereocenters. The van der Waals surface area contributed by atoms with E-state index in [1.54, 1.807) is 41.5 Å². The second-order valence-electron chi connectivity index (χ2n) is 11.9. The van der Waals surface area contributed by atoms with E-state index in [0.29, 0.717) is 25.2 Å². The maximum absolute atomic E-state index is 14.1. The van der Waals surface area contributed by atoms with Crippen molar-refractivity contribution in [3.05, 3.63) is 45.7 Å². The Labute approximate surface area is 256 Å². The van der Waals surface area contributed by atoms with Gasteiger partial charge in [-0.2, -0.15) is 0 Å². The molecule has 0 aliphatic heterocycles. The number of nitrogens with zero attached hydrogens (tertiary/aromatic N) is 2. The lowest BCUT2D eigenvalue weighted by molar-refractivity contribution is -0.153. The predicted molar refractivity (Wildman–Crippen MR) is 158 cm³/mol. The van der Waals surface area contributed by atoms with Gasteiger partial charge in [-0.25, -0.2) is 0 Å². The van der Waals surface area contributed by atoms with Gasteiger partial charge in [-0.3, -0.25) is 24.2 Å². The smallest absolute Gasteiger partial charge is 0.255 e. The number of carbonyl (C=O) groups is 3.